The quantitative estimate of drug-likeness (QED) is 0.773. The highest BCUT2D eigenvalue weighted by Gasteiger charge is 2.20. The van der Waals surface area contributed by atoms with Crippen LogP contribution in [0.15, 0.2) is 22.7 Å². The Labute approximate surface area is 136 Å². The number of halogens is 2. The van der Waals surface area contributed by atoms with E-state index in [0.29, 0.717) is 16.9 Å². The van der Waals surface area contributed by atoms with Crippen molar-refractivity contribution >= 4 is 15.9 Å². The summed E-state index contributed by atoms with van der Waals surface area (Å²) >= 11 is 3.26. The number of hydrogen-bond donors (Lipinski definition) is 1. The van der Waals surface area contributed by atoms with Crippen molar-refractivity contribution in [1.29, 1.82) is 0 Å². The highest BCUT2D eigenvalue weighted by Crippen LogP contribution is 2.25. The second kappa shape index (κ2) is 8.83. The van der Waals surface area contributed by atoms with Crippen LogP contribution in [0.3, 0.4) is 0 Å². The number of benzene rings is 1. The number of rotatable bonds is 8. The predicted molar refractivity (Wildman–Crippen MR) is 90.9 cm³/mol. The Morgan fingerprint density at radius 1 is 1.24 bits per heavy atom. The third kappa shape index (κ3) is 6.02. The molecule has 0 aliphatic heterocycles. The maximum absolute atomic E-state index is 13.4. The van der Waals surface area contributed by atoms with E-state index in [9.17, 15) is 4.39 Å². The number of hydrogen-bond acceptors (Lipinski definition) is 3. The fraction of sp³-hybridized carbons (Fsp3) is 0.625. The highest BCUT2D eigenvalue weighted by atomic mass is 79.9. The molecule has 1 atom stereocenters. The monoisotopic (exact) mass is 359 g/mol. The lowest BCUT2D eigenvalue weighted by Gasteiger charge is -2.33. The SMILES string of the molecule is CC(C)CN(CCN(C)C)C(CN)c1ccc(F)c(Br)c1. The summed E-state index contributed by atoms with van der Waals surface area (Å²) in [4.78, 5) is 4.56. The van der Waals surface area contributed by atoms with Crippen LogP contribution in [0.2, 0.25) is 0 Å². The van der Waals surface area contributed by atoms with Crippen LogP contribution in [0.1, 0.15) is 25.5 Å². The average Bonchev–Trinajstić information content (AvgIpc) is 2.40. The van der Waals surface area contributed by atoms with E-state index in [2.05, 4.69) is 53.7 Å². The fourth-order valence-corrected chi connectivity index (χ4v) is 2.78. The van der Waals surface area contributed by atoms with E-state index in [1.165, 1.54) is 6.07 Å². The maximum atomic E-state index is 13.4. The smallest absolute Gasteiger partial charge is 0.137 e. The molecule has 0 heterocycles. The molecular formula is C16H27BrFN3. The summed E-state index contributed by atoms with van der Waals surface area (Å²) in [5.74, 6) is 0.323. The van der Waals surface area contributed by atoms with E-state index in [1.54, 1.807) is 0 Å². The Morgan fingerprint density at radius 2 is 1.90 bits per heavy atom. The first-order valence-electron chi connectivity index (χ1n) is 7.39. The number of likely N-dealkylation sites (N-methyl/N-ethyl adjacent to an activating group) is 1. The summed E-state index contributed by atoms with van der Waals surface area (Å²) in [6, 6.07) is 5.29. The summed E-state index contributed by atoms with van der Waals surface area (Å²) in [6.45, 7) is 7.84. The van der Waals surface area contributed by atoms with Crippen molar-refractivity contribution in [3.8, 4) is 0 Å². The average molecular weight is 360 g/mol. The largest absolute Gasteiger partial charge is 0.329 e. The zero-order chi connectivity index (χ0) is 16.0. The van der Waals surface area contributed by atoms with Gasteiger partial charge in [-0.25, -0.2) is 4.39 Å². The van der Waals surface area contributed by atoms with Crippen LogP contribution < -0.4 is 5.73 Å². The molecule has 1 unspecified atom stereocenters. The van der Waals surface area contributed by atoms with E-state index in [0.717, 1.165) is 25.2 Å². The molecule has 0 saturated carbocycles. The lowest BCUT2D eigenvalue weighted by Crippen LogP contribution is -2.40. The highest BCUT2D eigenvalue weighted by molar-refractivity contribution is 9.10. The zero-order valence-electron chi connectivity index (χ0n) is 13.4. The molecule has 0 fully saturated rings. The van der Waals surface area contributed by atoms with Gasteiger partial charge in [-0.2, -0.15) is 0 Å². The minimum absolute atomic E-state index is 0.115. The predicted octanol–water partition coefficient (Wildman–Crippen LogP) is 3.11. The molecule has 1 rings (SSSR count). The molecule has 0 aliphatic rings. The zero-order valence-corrected chi connectivity index (χ0v) is 15.0. The molecule has 0 aromatic heterocycles. The number of nitrogens with zero attached hydrogens (tertiary/aromatic N) is 2. The van der Waals surface area contributed by atoms with Gasteiger partial charge in [-0.3, -0.25) is 4.90 Å². The minimum atomic E-state index is -0.238. The minimum Gasteiger partial charge on any atom is -0.329 e. The normalized spacial score (nSPS) is 13.4. The van der Waals surface area contributed by atoms with Gasteiger partial charge in [0.05, 0.1) is 4.47 Å². The molecule has 0 bridgehead atoms. The first kappa shape index (κ1) is 18.6. The molecule has 0 spiro atoms. The van der Waals surface area contributed by atoms with E-state index >= 15 is 0 Å². The van der Waals surface area contributed by atoms with Gasteiger partial charge in [0.2, 0.25) is 0 Å². The molecule has 3 nitrogen and oxygen atoms in total. The third-order valence-electron chi connectivity index (χ3n) is 3.43. The Morgan fingerprint density at radius 3 is 2.38 bits per heavy atom. The van der Waals surface area contributed by atoms with Gasteiger partial charge in [-0.15, -0.1) is 0 Å². The van der Waals surface area contributed by atoms with Crippen LogP contribution in [-0.4, -0.2) is 50.1 Å². The van der Waals surface area contributed by atoms with Crippen molar-refractivity contribution in [2.24, 2.45) is 11.7 Å². The van der Waals surface area contributed by atoms with Gasteiger partial charge in [-0.1, -0.05) is 19.9 Å². The van der Waals surface area contributed by atoms with Crippen LogP contribution in [0, 0.1) is 11.7 Å². The van der Waals surface area contributed by atoms with Crippen LogP contribution >= 0.6 is 15.9 Å². The molecular weight excluding hydrogens is 333 g/mol. The van der Waals surface area contributed by atoms with Crippen molar-refractivity contribution in [3.63, 3.8) is 0 Å². The molecule has 1 aromatic rings. The van der Waals surface area contributed by atoms with E-state index in [4.69, 9.17) is 5.73 Å². The first-order valence-corrected chi connectivity index (χ1v) is 8.18. The Balaban J connectivity index is 2.95. The Hall–Kier alpha value is -0.490. The molecule has 0 radical (unpaired) electrons. The van der Waals surface area contributed by atoms with E-state index < -0.39 is 0 Å². The second-order valence-corrected chi connectivity index (χ2v) is 6.97. The van der Waals surface area contributed by atoms with Crippen molar-refractivity contribution in [1.82, 2.24) is 9.80 Å². The number of nitrogens with two attached hydrogens (primary N) is 1. The standard InChI is InChI=1S/C16H27BrFN3/c1-12(2)11-21(8-7-20(3)4)16(10-19)13-5-6-15(18)14(17)9-13/h5-6,9,12,16H,7-8,10-11,19H2,1-4H3. The summed E-state index contributed by atoms with van der Waals surface area (Å²) in [6.07, 6.45) is 0. The molecule has 21 heavy (non-hydrogen) atoms. The van der Waals surface area contributed by atoms with Gasteiger partial charge in [0, 0.05) is 32.2 Å². The second-order valence-electron chi connectivity index (χ2n) is 6.12. The fourth-order valence-electron chi connectivity index (χ4n) is 2.39. The molecule has 1 aromatic carbocycles. The van der Waals surface area contributed by atoms with E-state index in [-0.39, 0.29) is 11.9 Å². The molecule has 0 aliphatic carbocycles. The first-order chi connectivity index (χ1) is 9.85. The third-order valence-corrected chi connectivity index (χ3v) is 4.03. The van der Waals surface area contributed by atoms with Crippen LogP contribution in [-0.2, 0) is 0 Å². The Kier molecular flexibility index (Phi) is 7.81. The van der Waals surface area contributed by atoms with Gasteiger partial charge in [0.15, 0.2) is 0 Å². The Bertz CT molecular complexity index is 438. The van der Waals surface area contributed by atoms with Gasteiger partial charge >= 0.3 is 0 Å². The lowest BCUT2D eigenvalue weighted by atomic mass is 10.0. The summed E-state index contributed by atoms with van der Waals surface area (Å²) in [5, 5.41) is 0. The van der Waals surface area contributed by atoms with Crippen molar-refractivity contribution in [2.75, 3.05) is 40.3 Å². The molecule has 0 saturated heterocycles. The van der Waals surface area contributed by atoms with E-state index in [1.807, 2.05) is 12.1 Å². The summed E-state index contributed by atoms with van der Waals surface area (Å²) in [7, 11) is 4.14. The summed E-state index contributed by atoms with van der Waals surface area (Å²) < 4.78 is 13.9. The van der Waals surface area contributed by atoms with Crippen LogP contribution in [0.5, 0.6) is 0 Å². The lowest BCUT2D eigenvalue weighted by molar-refractivity contribution is 0.163. The van der Waals surface area contributed by atoms with Crippen molar-refractivity contribution in [2.45, 2.75) is 19.9 Å². The van der Waals surface area contributed by atoms with Crippen LogP contribution in [0.25, 0.3) is 0 Å². The molecule has 5 heteroatoms. The van der Waals surface area contributed by atoms with Crippen molar-refractivity contribution < 1.29 is 4.39 Å². The summed E-state index contributed by atoms with van der Waals surface area (Å²) in [5.41, 5.74) is 7.07. The van der Waals surface area contributed by atoms with Gasteiger partial charge in [0.25, 0.3) is 0 Å². The van der Waals surface area contributed by atoms with Crippen LogP contribution in [0.4, 0.5) is 4.39 Å². The molecule has 120 valence electrons. The molecule has 2 N–H and O–H groups in total. The molecule has 0 amide bonds. The van der Waals surface area contributed by atoms with Gasteiger partial charge in [-0.05, 0) is 53.6 Å². The maximum Gasteiger partial charge on any atom is 0.137 e. The van der Waals surface area contributed by atoms with Crippen molar-refractivity contribution in [3.05, 3.63) is 34.1 Å². The topological polar surface area (TPSA) is 32.5 Å². The van der Waals surface area contributed by atoms with Gasteiger partial charge in [0.1, 0.15) is 5.82 Å². The van der Waals surface area contributed by atoms with Gasteiger partial charge < -0.3 is 10.6 Å².